The largest absolute Gasteiger partial charge is 0.338 e. The van der Waals surface area contributed by atoms with Gasteiger partial charge in [-0.1, -0.05) is 0 Å². The highest BCUT2D eigenvalue weighted by Gasteiger charge is 2.43. The molecule has 32 heavy (non-hydrogen) atoms. The van der Waals surface area contributed by atoms with Gasteiger partial charge in [-0.2, -0.15) is 0 Å². The first kappa shape index (κ1) is 22.6. The van der Waals surface area contributed by atoms with Crippen LogP contribution in [0.3, 0.4) is 0 Å². The summed E-state index contributed by atoms with van der Waals surface area (Å²) < 4.78 is 40.8. The number of unbranched alkanes of at least 4 members (excludes halogenated alkanes) is 1. The van der Waals surface area contributed by atoms with Gasteiger partial charge in [-0.15, -0.1) is 0 Å². The predicted molar refractivity (Wildman–Crippen MR) is 109 cm³/mol. The Bertz CT molecular complexity index is 928. The summed E-state index contributed by atoms with van der Waals surface area (Å²) in [5.41, 5.74) is -0.515. The second-order valence-corrected chi connectivity index (χ2v) is 9.11. The molecule has 3 saturated heterocycles. The van der Waals surface area contributed by atoms with Crippen LogP contribution in [0.5, 0.6) is 0 Å². The molecule has 0 aliphatic carbocycles. The third-order valence-corrected chi connectivity index (χ3v) is 6.78. The molecule has 3 fully saturated rings. The lowest BCUT2D eigenvalue weighted by atomic mass is 9.79. The summed E-state index contributed by atoms with van der Waals surface area (Å²) in [6.45, 7) is 3.55. The quantitative estimate of drug-likeness (QED) is 0.395. The van der Waals surface area contributed by atoms with E-state index < -0.39 is 41.0 Å². The summed E-state index contributed by atoms with van der Waals surface area (Å²) in [4.78, 5) is 39.4. The molecule has 4 rings (SSSR count). The fourth-order valence-corrected chi connectivity index (χ4v) is 5.15. The molecule has 3 heterocycles. The smallest absolute Gasteiger partial charge is 0.322 e. The molecule has 174 valence electrons. The molecule has 2 atom stereocenters. The van der Waals surface area contributed by atoms with Gasteiger partial charge < -0.3 is 15.1 Å². The molecular formula is C22H27F3N4O3. The maximum atomic E-state index is 14.1. The molecule has 2 unspecified atom stereocenters. The lowest BCUT2D eigenvalue weighted by Gasteiger charge is -2.40. The normalized spacial score (nSPS) is 26.0. The monoisotopic (exact) mass is 452 g/mol. The van der Waals surface area contributed by atoms with Crippen molar-refractivity contribution in [1.82, 2.24) is 20.4 Å². The van der Waals surface area contributed by atoms with Gasteiger partial charge in [0.1, 0.15) is 11.9 Å². The number of benzene rings is 1. The highest BCUT2D eigenvalue weighted by molar-refractivity contribution is 6.04. The summed E-state index contributed by atoms with van der Waals surface area (Å²) >= 11 is 0. The van der Waals surface area contributed by atoms with Crippen LogP contribution in [0.4, 0.5) is 18.0 Å². The molecular weight excluding hydrogens is 425 g/mol. The van der Waals surface area contributed by atoms with Crippen LogP contribution in [0.1, 0.15) is 48.9 Å². The van der Waals surface area contributed by atoms with E-state index in [1.165, 1.54) is 0 Å². The third-order valence-electron chi connectivity index (χ3n) is 6.78. The number of carbonyl (C=O) groups is 3. The standard InChI is InChI=1S/C22H27F3N4O3/c23-15-11-17(25)16(24)10-14(15)20(31)29-9-6-22(13-29)5-3-8-28(12-22)7-2-1-4-18-19(30)27-21(32)26-18/h10-11,18H,1-9,12-13H2,(H2,26,27,30,32). The number of likely N-dealkylation sites (tertiary alicyclic amines) is 2. The van der Waals surface area contributed by atoms with E-state index in [0.717, 1.165) is 51.7 Å². The van der Waals surface area contributed by atoms with Gasteiger partial charge in [0.25, 0.3) is 11.8 Å². The maximum Gasteiger partial charge on any atom is 0.322 e. The SMILES string of the molecule is O=C1NC(=O)C(CCCCN2CCCC3(CCN(C(=O)c4cc(F)c(F)cc4F)C3)C2)N1. The Morgan fingerprint density at radius 1 is 1.03 bits per heavy atom. The van der Waals surface area contributed by atoms with Gasteiger partial charge in [0.2, 0.25) is 0 Å². The Hall–Kier alpha value is -2.62. The Labute approximate surface area is 184 Å². The van der Waals surface area contributed by atoms with Crippen molar-refractivity contribution < 1.29 is 27.6 Å². The zero-order chi connectivity index (χ0) is 22.9. The van der Waals surface area contributed by atoms with Crippen LogP contribution in [0.25, 0.3) is 0 Å². The van der Waals surface area contributed by atoms with E-state index in [-0.39, 0.29) is 11.3 Å². The van der Waals surface area contributed by atoms with Crippen LogP contribution in [0, 0.1) is 22.9 Å². The fraction of sp³-hybridized carbons (Fsp3) is 0.591. The first-order valence-corrected chi connectivity index (χ1v) is 11.0. The van der Waals surface area contributed by atoms with Crippen molar-refractivity contribution in [3.8, 4) is 0 Å². The summed E-state index contributed by atoms with van der Waals surface area (Å²) in [5, 5.41) is 4.83. The Balaban J connectivity index is 1.28. The molecule has 3 aliphatic heterocycles. The van der Waals surface area contributed by atoms with Crippen molar-refractivity contribution in [3.05, 3.63) is 35.1 Å². The second-order valence-electron chi connectivity index (χ2n) is 9.11. The van der Waals surface area contributed by atoms with Crippen molar-refractivity contribution >= 4 is 17.8 Å². The second kappa shape index (κ2) is 9.09. The number of imide groups is 1. The average Bonchev–Trinajstić information content (AvgIpc) is 3.30. The lowest BCUT2D eigenvalue weighted by molar-refractivity contribution is -0.120. The minimum atomic E-state index is -1.31. The zero-order valence-electron chi connectivity index (χ0n) is 17.8. The van der Waals surface area contributed by atoms with E-state index in [9.17, 15) is 27.6 Å². The minimum absolute atomic E-state index is 0.0811. The van der Waals surface area contributed by atoms with Crippen LogP contribution in [-0.4, -0.2) is 66.4 Å². The number of rotatable bonds is 6. The number of nitrogens with one attached hydrogen (secondary N) is 2. The van der Waals surface area contributed by atoms with Gasteiger partial charge in [0, 0.05) is 31.1 Å². The van der Waals surface area contributed by atoms with Gasteiger partial charge in [-0.05, 0) is 57.7 Å². The van der Waals surface area contributed by atoms with Crippen LogP contribution in [0.15, 0.2) is 12.1 Å². The molecule has 1 spiro atoms. The molecule has 3 aliphatic rings. The molecule has 7 nitrogen and oxygen atoms in total. The molecule has 4 amide bonds. The van der Waals surface area contributed by atoms with Gasteiger partial charge in [-0.3, -0.25) is 14.9 Å². The van der Waals surface area contributed by atoms with Gasteiger partial charge in [-0.25, -0.2) is 18.0 Å². The number of hydrogen-bond donors (Lipinski definition) is 2. The van der Waals surface area contributed by atoms with E-state index in [1.807, 2.05) is 0 Å². The summed E-state index contributed by atoms with van der Waals surface area (Å²) in [6, 6.07) is 0.151. The van der Waals surface area contributed by atoms with Crippen LogP contribution in [0.2, 0.25) is 0 Å². The van der Waals surface area contributed by atoms with Crippen LogP contribution >= 0.6 is 0 Å². The predicted octanol–water partition coefficient (Wildman–Crippen LogP) is 2.41. The summed E-state index contributed by atoms with van der Waals surface area (Å²) in [7, 11) is 0. The first-order chi connectivity index (χ1) is 15.3. The lowest BCUT2D eigenvalue weighted by Crippen LogP contribution is -2.45. The molecule has 10 heteroatoms. The Kier molecular flexibility index (Phi) is 6.41. The molecule has 0 saturated carbocycles. The summed E-state index contributed by atoms with van der Waals surface area (Å²) in [5.74, 6) is -4.47. The average molecular weight is 452 g/mol. The fourth-order valence-electron chi connectivity index (χ4n) is 5.15. The van der Waals surface area contributed by atoms with E-state index in [2.05, 4.69) is 15.5 Å². The van der Waals surface area contributed by atoms with Crippen molar-refractivity contribution in [2.24, 2.45) is 5.41 Å². The first-order valence-electron chi connectivity index (χ1n) is 11.0. The topological polar surface area (TPSA) is 81.8 Å². The minimum Gasteiger partial charge on any atom is -0.338 e. The highest BCUT2D eigenvalue weighted by atomic mass is 19.2. The van der Waals surface area contributed by atoms with Crippen molar-refractivity contribution in [1.29, 1.82) is 0 Å². The van der Waals surface area contributed by atoms with Crippen molar-refractivity contribution in [3.63, 3.8) is 0 Å². The zero-order valence-corrected chi connectivity index (χ0v) is 17.8. The van der Waals surface area contributed by atoms with Crippen LogP contribution in [-0.2, 0) is 4.79 Å². The van der Waals surface area contributed by atoms with Crippen LogP contribution < -0.4 is 10.6 Å². The van der Waals surface area contributed by atoms with E-state index in [4.69, 9.17) is 0 Å². The number of hydrogen-bond acceptors (Lipinski definition) is 4. The van der Waals surface area contributed by atoms with Crippen molar-refractivity contribution in [2.45, 2.75) is 44.6 Å². The third kappa shape index (κ3) is 4.74. The van der Waals surface area contributed by atoms with Gasteiger partial charge >= 0.3 is 6.03 Å². The highest BCUT2D eigenvalue weighted by Crippen LogP contribution is 2.39. The van der Waals surface area contributed by atoms with E-state index in [0.29, 0.717) is 31.6 Å². The molecule has 1 aromatic rings. The number of halogens is 3. The molecule has 0 radical (unpaired) electrons. The number of piperidine rings is 1. The van der Waals surface area contributed by atoms with Crippen molar-refractivity contribution in [2.75, 3.05) is 32.7 Å². The van der Waals surface area contributed by atoms with E-state index >= 15 is 0 Å². The number of amides is 4. The molecule has 2 N–H and O–H groups in total. The summed E-state index contributed by atoms with van der Waals surface area (Å²) in [6.07, 6.45) is 5.03. The van der Waals surface area contributed by atoms with Gasteiger partial charge in [0.15, 0.2) is 11.6 Å². The number of urea groups is 1. The number of carbonyl (C=O) groups excluding carboxylic acids is 3. The Morgan fingerprint density at radius 3 is 2.56 bits per heavy atom. The Morgan fingerprint density at radius 2 is 1.81 bits per heavy atom. The van der Waals surface area contributed by atoms with E-state index in [1.54, 1.807) is 4.90 Å². The van der Waals surface area contributed by atoms with Gasteiger partial charge in [0.05, 0.1) is 5.56 Å². The number of nitrogens with zero attached hydrogens (tertiary/aromatic N) is 2. The molecule has 0 bridgehead atoms. The molecule has 0 aromatic heterocycles. The maximum absolute atomic E-state index is 14.1. The molecule has 1 aromatic carbocycles.